The van der Waals surface area contributed by atoms with E-state index in [0.29, 0.717) is 24.0 Å². The highest BCUT2D eigenvalue weighted by atomic mass is 19.1. The first kappa shape index (κ1) is 17.0. The molecule has 0 bridgehead atoms. The summed E-state index contributed by atoms with van der Waals surface area (Å²) in [5.74, 6) is -0.692. The van der Waals surface area contributed by atoms with Crippen LogP contribution in [0.1, 0.15) is 27.2 Å². The second-order valence-corrected chi connectivity index (χ2v) is 6.36. The van der Waals surface area contributed by atoms with Gasteiger partial charge in [0.2, 0.25) is 0 Å². The van der Waals surface area contributed by atoms with Crippen LogP contribution in [0.25, 0.3) is 11.0 Å². The van der Waals surface area contributed by atoms with Gasteiger partial charge in [0.25, 0.3) is 5.91 Å². The molecular formula is C21H18FN3O2. The lowest BCUT2D eigenvalue weighted by Crippen LogP contribution is -2.23. The van der Waals surface area contributed by atoms with E-state index in [0.717, 1.165) is 11.1 Å². The number of para-hydroxylation sites is 1. The Labute approximate surface area is 155 Å². The van der Waals surface area contributed by atoms with Crippen molar-refractivity contribution in [1.29, 1.82) is 0 Å². The van der Waals surface area contributed by atoms with Crippen LogP contribution in [0, 0.1) is 12.7 Å². The zero-order chi connectivity index (χ0) is 18.8. The van der Waals surface area contributed by atoms with Gasteiger partial charge in [-0.25, -0.2) is 9.37 Å². The number of nitrogens with zero attached hydrogens (tertiary/aromatic N) is 2. The van der Waals surface area contributed by atoms with Crippen molar-refractivity contribution in [3.63, 3.8) is 0 Å². The number of rotatable bonds is 5. The smallest absolute Gasteiger partial charge is 0.287 e. The highest BCUT2D eigenvalue weighted by Crippen LogP contribution is 2.27. The molecule has 5 nitrogen and oxygen atoms in total. The number of aromatic nitrogens is 2. The minimum atomic E-state index is -0.472. The largest absolute Gasteiger partial charge is 0.448 e. The number of hydrogen-bond donors (Lipinski definition) is 1. The quantitative estimate of drug-likeness (QED) is 0.582. The number of amides is 1. The highest BCUT2D eigenvalue weighted by molar-refractivity contribution is 5.99. The van der Waals surface area contributed by atoms with Gasteiger partial charge >= 0.3 is 0 Å². The molecule has 2 aromatic heterocycles. The molecule has 0 atom stereocenters. The molecule has 0 spiro atoms. The number of fused-ring (bicyclic) bond motifs is 1. The third kappa shape index (κ3) is 3.33. The summed E-state index contributed by atoms with van der Waals surface area (Å²) in [6.07, 6.45) is 5.37. The predicted octanol–water partition coefficient (Wildman–Crippen LogP) is 4.06. The normalized spacial score (nSPS) is 11.0. The maximum Gasteiger partial charge on any atom is 0.287 e. The summed E-state index contributed by atoms with van der Waals surface area (Å²) in [5.41, 5.74) is 2.83. The Morgan fingerprint density at radius 3 is 2.74 bits per heavy atom. The van der Waals surface area contributed by atoms with E-state index in [-0.39, 0.29) is 17.3 Å². The zero-order valence-electron chi connectivity index (χ0n) is 14.8. The fourth-order valence-corrected chi connectivity index (χ4v) is 3.14. The molecule has 27 heavy (non-hydrogen) atoms. The lowest BCUT2D eigenvalue weighted by molar-refractivity contribution is 0.0924. The molecule has 4 aromatic rings. The van der Waals surface area contributed by atoms with Crippen molar-refractivity contribution in [2.75, 3.05) is 0 Å². The van der Waals surface area contributed by atoms with Crippen molar-refractivity contribution in [3.05, 3.63) is 89.5 Å². The number of carbonyl (C=O) groups excluding carboxylic acids is 1. The van der Waals surface area contributed by atoms with E-state index in [1.54, 1.807) is 31.6 Å². The van der Waals surface area contributed by atoms with Gasteiger partial charge in [-0.2, -0.15) is 0 Å². The van der Waals surface area contributed by atoms with E-state index in [1.807, 2.05) is 35.0 Å². The van der Waals surface area contributed by atoms with Crippen LogP contribution in [0.4, 0.5) is 4.39 Å². The number of aryl methyl sites for hydroxylation is 1. The van der Waals surface area contributed by atoms with Crippen molar-refractivity contribution in [3.8, 4) is 0 Å². The average molecular weight is 363 g/mol. The fourth-order valence-electron chi connectivity index (χ4n) is 3.14. The summed E-state index contributed by atoms with van der Waals surface area (Å²) in [4.78, 5) is 16.7. The zero-order valence-corrected chi connectivity index (χ0v) is 14.8. The molecule has 136 valence electrons. The van der Waals surface area contributed by atoms with E-state index in [1.165, 1.54) is 6.07 Å². The SMILES string of the molecule is Cc1c(C(=O)NCc2ccccc2Cn2ccnc2)oc2c(F)cccc12. The summed E-state index contributed by atoms with van der Waals surface area (Å²) in [7, 11) is 0. The van der Waals surface area contributed by atoms with Gasteiger partial charge in [-0.05, 0) is 24.1 Å². The molecule has 6 heteroatoms. The van der Waals surface area contributed by atoms with E-state index in [2.05, 4.69) is 10.3 Å². The monoisotopic (exact) mass is 363 g/mol. The van der Waals surface area contributed by atoms with Crippen LogP contribution < -0.4 is 5.32 Å². The molecule has 2 aromatic carbocycles. The first-order valence-corrected chi connectivity index (χ1v) is 8.62. The molecule has 2 heterocycles. The Morgan fingerprint density at radius 1 is 1.19 bits per heavy atom. The standard InChI is InChI=1S/C21H18FN3O2/c1-14-17-7-4-8-18(22)20(17)27-19(14)21(26)24-11-15-5-2-3-6-16(15)12-25-10-9-23-13-25/h2-10,13H,11-12H2,1H3,(H,24,26). The van der Waals surface area contributed by atoms with E-state index in [9.17, 15) is 9.18 Å². The molecule has 0 aliphatic heterocycles. The Morgan fingerprint density at radius 2 is 2.00 bits per heavy atom. The molecule has 1 N–H and O–H groups in total. The third-order valence-corrected chi connectivity index (χ3v) is 4.59. The van der Waals surface area contributed by atoms with Gasteiger partial charge in [-0.15, -0.1) is 0 Å². The predicted molar refractivity (Wildman–Crippen MR) is 99.9 cm³/mol. The maximum absolute atomic E-state index is 13.9. The molecule has 0 radical (unpaired) electrons. The number of hydrogen-bond acceptors (Lipinski definition) is 3. The molecular weight excluding hydrogens is 345 g/mol. The maximum atomic E-state index is 13.9. The van der Waals surface area contributed by atoms with Gasteiger partial charge in [0, 0.05) is 36.4 Å². The van der Waals surface area contributed by atoms with Gasteiger partial charge in [0.05, 0.1) is 6.33 Å². The van der Waals surface area contributed by atoms with Gasteiger partial charge in [0.1, 0.15) is 0 Å². The van der Waals surface area contributed by atoms with Crippen molar-refractivity contribution in [2.45, 2.75) is 20.0 Å². The molecule has 0 aliphatic rings. The fraction of sp³-hybridized carbons (Fsp3) is 0.143. The van der Waals surface area contributed by atoms with Gasteiger partial charge in [-0.3, -0.25) is 4.79 Å². The second kappa shape index (κ2) is 7.07. The minimum Gasteiger partial charge on any atom is -0.448 e. The molecule has 0 saturated heterocycles. The Bertz CT molecular complexity index is 1100. The summed E-state index contributed by atoms with van der Waals surface area (Å²) in [6, 6.07) is 12.5. The average Bonchev–Trinajstić information content (AvgIpc) is 3.30. The molecule has 0 saturated carbocycles. The van der Waals surface area contributed by atoms with Crippen molar-refractivity contribution < 1.29 is 13.6 Å². The van der Waals surface area contributed by atoms with Gasteiger partial charge in [0.15, 0.2) is 17.2 Å². The van der Waals surface area contributed by atoms with Crippen LogP contribution in [-0.4, -0.2) is 15.5 Å². The molecule has 4 rings (SSSR count). The van der Waals surface area contributed by atoms with Gasteiger partial charge < -0.3 is 14.3 Å². The summed E-state index contributed by atoms with van der Waals surface area (Å²) in [6.45, 7) is 2.77. The number of halogens is 1. The summed E-state index contributed by atoms with van der Waals surface area (Å²) in [5, 5.41) is 3.49. The van der Waals surface area contributed by atoms with Crippen LogP contribution in [-0.2, 0) is 13.1 Å². The third-order valence-electron chi connectivity index (χ3n) is 4.59. The molecule has 0 unspecified atom stereocenters. The van der Waals surface area contributed by atoms with Crippen molar-refractivity contribution >= 4 is 16.9 Å². The molecule has 0 aliphatic carbocycles. The van der Waals surface area contributed by atoms with Crippen LogP contribution >= 0.6 is 0 Å². The van der Waals surface area contributed by atoms with Crippen molar-refractivity contribution in [1.82, 2.24) is 14.9 Å². The van der Waals surface area contributed by atoms with Crippen LogP contribution in [0.2, 0.25) is 0 Å². The van der Waals surface area contributed by atoms with Crippen LogP contribution in [0.3, 0.4) is 0 Å². The number of benzene rings is 2. The second-order valence-electron chi connectivity index (χ2n) is 6.36. The molecule has 0 fully saturated rings. The van der Waals surface area contributed by atoms with E-state index < -0.39 is 5.82 Å². The van der Waals surface area contributed by atoms with Crippen LogP contribution in [0.5, 0.6) is 0 Å². The van der Waals surface area contributed by atoms with E-state index in [4.69, 9.17) is 4.42 Å². The molecule has 1 amide bonds. The number of carbonyl (C=O) groups is 1. The first-order valence-electron chi connectivity index (χ1n) is 8.62. The van der Waals surface area contributed by atoms with Crippen LogP contribution in [0.15, 0.2) is 65.6 Å². The van der Waals surface area contributed by atoms with Gasteiger partial charge in [-0.1, -0.05) is 36.4 Å². The highest BCUT2D eigenvalue weighted by Gasteiger charge is 2.19. The van der Waals surface area contributed by atoms with Crippen molar-refractivity contribution in [2.24, 2.45) is 0 Å². The minimum absolute atomic E-state index is 0.112. The van der Waals surface area contributed by atoms with E-state index >= 15 is 0 Å². The summed E-state index contributed by atoms with van der Waals surface area (Å²) >= 11 is 0. The lowest BCUT2D eigenvalue weighted by Gasteiger charge is -2.11. The number of imidazole rings is 1. The first-order chi connectivity index (χ1) is 13.1. The number of furan rings is 1. The Kier molecular flexibility index (Phi) is 4.46. The lowest BCUT2D eigenvalue weighted by atomic mass is 10.1. The topological polar surface area (TPSA) is 60.1 Å². The summed E-state index contributed by atoms with van der Waals surface area (Å²) < 4.78 is 21.4. The number of nitrogens with one attached hydrogen (secondary N) is 1. The Hall–Kier alpha value is -3.41. The Balaban J connectivity index is 1.54.